The zero-order chi connectivity index (χ0) is 22.7. The number of nitrogen functional groups attached to an aromatic ring is 1. The quantitative estimate of drug-likeness (QED) is 0.508. The van der Waals surface area contributed by atoms with E-state index in [0.29, 0.717) is 23.7 Å². The SMILES string of the molecule is CCN(CC(=O)Nc1ccc2c(c1)OCO2)c1c(N)n(Cc2ccccc2)c(=O)[nH]c1=O. The van der Waals surface area contributed by atoms with E-state index in [1.807, 2.05) is 30.3 Å². The second-order valence-electron chi connectivity index (χ2n) is 7.20. The van der Waals surface area contributed by atoms with Crippen LogP contribution >= 0.6 is 0 Å². The Kier molecular flexibility index (Phi) is 5.84. The number of hydrogen-bond acceptors (Lipinski definition) is 7. The van der Waals surface area contributed by atoms with Crippen LogP contribution in [0.4, 0.5) is 17.2 Å². The number of nitrogens with zero attached hydrogens (tertiary/aromatic N) is 2. The van der Waals surface area contributed by atoms with Crippen LogP contribution in [0.25, 0.3) is 0 Å². The van der Waals surface area contributed by atoms with Gasteiger partial charge in [-0.3, -0.25) is 19.1 Å². The molecular formula is C22H23N5O5. The third-order valence-corrected chi connectivity index (χ3v) is 5.09. The van der Waals surface area contributed by atoms with Crippen molar-refractivity contribution in [3.63, 3.8) is 0 Å². The smallest absolute Gasteiger partial charge is 0.330 e. The number of nitrogens with two attached hydrogens (primary N) is 1. The summed E-state index contributed by atoms with van der Waals surface area (Å²) in [4.78, 5) is 41.5. The number of benzene rings is 2. The van der Waals surface area contributed by atoms with Crippen molar-refractivity contribution in [1.29, 1.82) is 0 Å². The van der Waals surface area contributed by atoms with E-state index in [-0.39, 0.29) is 37.3 Å². The first-order valence-corrected chi connectivity index (χ1v) is 10.1. The molecule has 0 saturated heterocycles. The van der Waals surface area contributed by atoms with Crippen LogP contribution in [0, 0.1) is 0 Å². The van der Waals surface area contributed by atoms with Crippen molar-refractivity contribution in [1.82, 2.24) is 9.55 Å². The van der Waals surface area contributed by atoms with E-state index in [4.69, 9.17) is 15.2 Å². The van der Waals surface area contributed by atoms with Gasteiger partial charge in [-0.2, -0.15) is 0 Å². The molecule has 0 bridgehead atoms. The van der Waals surface area contributed by atoms with Gasteiger partial charge in [0.15, 0.2) is 11.5 Å². The summed E-state index contributed by atoms with van der Waals surface area (Å²) in [5, 5.41) is 2.77. The van der Waals surface area contributed by atoms with E-state index in [1.165, 1.54) is 9.47 Å². The van der Waals surface area contributed by atoms with Crippen LogP contribution in [0.3, 0.4) is 0 Å². The number of hydrogen-bond donors (Lipinski definition) is 3. The second-order valence-corrected chi connectivity index (χ2v) is 7.20. The Balaban J connectivity index is 1.56. The van der Waals surface area contributed by atoms with E-state index in [9.17, 15) is 14.4 Å². The predicted octanol–water partition coefficient (Wildman–Crippen LogP) is 1.36. The van der Waals surface area contributed by atoms with Gasteiger partial charge in [0.2, 0.25) is 12.7 Å². The fraction of sp³-hybridized carbons (Fsp3) is 0.227. The van der Waals surface area contributed by atoms with E-state index < -0.39 is 11.2 Å². The minimum Gasteiger partial charge on any atom is -0.454 e. The minimum atomic E-state index is -0.644. The third-order valence-electron chi connectivity index (χ3n) is 5.09. The summed E-state index contributed by atoms with van der Waals surface area (Å²) < 4.78 is 11.9. The number of aromatic amines is 1. The van der Waals surface area contributed by atoms with Crippen LogP contribution < -0.4 is 36.7 Å². The zero-order valence-electron chi connectivity index (χ0n) is 17.5. The van der Waals surface area contributed by atoms with Gasteiger partial charge in [0.1, 0.15) is 11.5 Å². The highest BCUT2D eigenvalue weighted by Gasteiger charge is 2.21. The average molecular weight is 437 g/mol. The molecular weight excluding hydrogens is 414 g/mol. The number of nitrogens with one attached hydrogen (secondary N) is 2. The van der Waals surface area contributed by atoms with Gasteiger partial charge >= 0.3 is 5.69 Å². The molecule has 3 aromatic rings. The number of likely N-dealkylation sites (N-methyl/N-ethyl adjacent to an activating group) is 1. The first kappa shape index (κ1) is 21.0. The van der Waals surface area contributed by atoms with Crippen LogP contribution in [-0.2, 0) is 11.3 Å². The summed E-state index contributed by atoms with van der Waals surface area (Å²) >= 11 is 0. The molecule has 32 heavy (non-hydrogen) atoms. The normalized spacial score (nSPS) is 11.9. The average Bonchev–Trinajstić information content (AvgIpc) is 3.24. The summed E-state index contributed by atoms with van der Waals surface area (Å²) in [6, 6.07) is 14.3. The van der Waals surface area contributed by atoms with Gasteiger partial charge in [0.25, 0.3) is 5.56 Å². The molecule has 0 saturated carbocycles. The number of carbonyl (C=O) groups excluding carboxylic acids is 1. The number of anilines is 3. The molecule has 2 heterocycles. The predicted molar refractivity (Wildman–Crippen MR) is 120 cm³/mol. The molecule has 2 aromatic carbocycles. The van der Waals surface area contributed by atoms with Crippen molar-refractivity contribution in [3.8, 4) is 11.5 Å². The van der Waals surface area contributed by atoms with Crippen LogP contribution in [0.15, 0.2) is 58.1 Å². The maximum absolute atomic E-state index is 12.7. The highest BCUT2D eigenvalue weighted by atomic mass is 16.7. The summed E-state index contributed by atoms with van der Waals surface area (Å²) in [7, 11) is 0. The number of fused-ring (bicyclic) bond motifs is 1. The molecule has 4 rings (SSSR count). The Labute approximate surface area is 183 Å². The molecule has 10 heteroatoms. The van der Waals surface area contributed by atoms with Crippen molar-refractivity contribution in [2.24, 2.45) is 0 Å². The van der Waals surface area contributed by atoms with E-state index in [0.717, 1.165) is 5.56 Å². The monoisotopic (exact) mass is 437 g/mol. The fourth-order valence-electron chi connectivity index (χ4n) is 3.50. The molecule has 0 fully saturated rings. The molecule has 166 valence electrons. The van der Waals surface area contributed by atoms with Crippen LogP contribution in [0.1, 0.15) is 12.5 Å². The van der Waals surface area contributed by atoms with Crippen molar-refractivity contribution < 1.29 is 14.3 Å². The molecule has 1 amide bonds. The molecule has 0 radical (unpaired) electrons. The Hall–Kier alpha value is -4.21. The summed E-state index contributed by atoms with van der Waals surface area (Å²) in [6.07, 6.45) is 0. The Bertz CT molecular complexity index is 1250. The number of H-pyrrole nitrogens is 1. The lowest BCUT2D eigenvalue weighted by molar-refractivity contribution is -0.115. The van der Waals surface area contributed by atoms with Crippen molar-refractivity contribution in [3.05, 3.63) is 74.9 Å². The molecule has 0 aliphatic carbocycles. The van der Waals surface area contributed by atoms with Crippen molar-refractivity contribution in [2.75, 3.05) is 35.8 Å². The van der Waals surface area contributed by atoms with E-state index >= 15 is 0 Å². The highest BCUT2D eigenvalue weighted by Crippen LogP contribution is 2.34. The van der Waals surface area contributed by atoms with E-state index in [2.05, 4.69) is 10.3 Å². The number of rotatable bonds is 7. The Morgan fingerprint density at radius 1 is 1.16 bits per heavy atom. The summed E-state index contributed by atoms with van der Waals surface area (Å²) in [5.74, 6) is 0.799. The molecule has 0 spiro atoms. The Morgan fingerprint density at radius 3 is 2.66 bits per heavy atom. The first-order valence-electron chi connectivity index (χ1n) is 10.1. The summed E-state index contributed by atoms with van der Waals surface area (Å²) in [6.45, 7) is 2.31. The highest BCUT2D eigenvalue weighted by molar-refractivity contribution is 5.94. The first-order chi connectivity index (χ1) is 15.5. The molecule has 1 aliphatic heterocycles. The van der Waals surface area contributed by atoms with Crippen LogP contribution in [-0.4, -0.2) is 35.3 Å². The lowest BCUT2D eigenvalue weighted by atomic mass is 10.2. The van der Waals surface area contributed by atoms with Crippen LogP contribution in [0.2, 0.25) is 0 Å². The molecule has 1 aliphatic rings. The largest absolute Gasteiger partial charge is 0.454 e. The van der Waals surface area contributed by atoms with Crippen molar-refractivity contribution >= 4 is 23.1 Å². The van der Waals surface area contributed by atoms with Gasteiger partial charge in [0, 0.05) is 18.3 Å². The molecule has 0 atom stereocenters. The number of ether oxygens (including phenoxy) is 2. The van der Waals surface area contributed by atoms with E-state index in [1.54, 1.807) is 25.1 Å². The number of carbonyl (C=O) groups is 1. The van der Waals surface area contributed by atoms with Crippen molar-refractivity contribution in [2.45, 2.75) is 13.5 Å². The molecule has 10 nitrogen and oxygen atoms in total. The molecule has 0 unspecified atom stereocenters. The standard InChI is InChI=1S/C22H23N5O5/c1-2-26(12-18(28)24-15-8-9-16-17(10-15)32-13-31-16)19-20(23)27(22(30)25-21(19)29)11-14-6-4-3-5-7-14/h3-10H,2,11-13,23H2,1H3,(H,24,28)(H,25,29,30). The van der Waals surface area contributed by atoms with Gasteiger partial charge in [0.05, 0.1) is 13.1 Å². The second kappa shape index (κ2) is 8.88. The van der Waals surface area contributed by atoms with Gasteiger partial charge < -0.3 is 25.4 Å². The van der Waals surface area contributed by atoms with Gasteiger partial charge in [-0.1, -0.05) is 30.3 Å². The Morgan fingerprint density at radius 2 is 1.91 bits per heavy atom. The topological polar surface area (TPSA) is 132 Å². The lowest BCUT2D eigenvalue weighted by Gasteiger charge is -2.24. The zero-order valence-corrected chi connectivity index (χ0v) is 17.5. The number of amides is 1. The maximum atomic E-state index is 12.7. The molecule has 1 aromatic heterocycles. The van der Waals surface area contributed by atoms with Gasteiger partial charge in [-0.05, 0) is 24.6 Å². The number of aromatic nitrogens is 2. The summed E-state index contributed by atoms with van der Waals surface area (Å²) in [5.41, 5.74) is 6.44. The van der Waals surface area contributed by atoms with Gasteiger partial charge in [-0.15, -0.1) is 0 Å². The lowest BCUT2D eigenvalue weighted by Crippen LogP contribution is -2.41. The third kappa shape index (κ3) is 4.29. The maximum Gasteiger partial charge on any atom is 0.330 e. The van der Waals surface area contributed by atoms with Gasteiger partial charge in [-0.25, -0.2) is 4.79 Å². The van der Waals surface area contributed by atoms with Crippen LogP contribution in [0.5, 0.6) is 11.5 Å². The molecule has 4 N–H and O–H groups in total. The fourth-order valence-corrected chi connectivity index (χ4v) is 3.50. The minimum absolute atomic E-state index is 0.000308.